The Morgan fingerprint density at radius 1 is 1.57 bits per heavy atom. The van der Waals surface area contributed by atoms with Gasteiger partial charge in [-0.1, -0.05) is 6.08 Å². The summed E-state index contributed by atoms with van der Waals surface area (Å²) in [6.07, 6.45) is 4.65. The molecule has 0 spiro atoms. The summed E-state index contributed by atoms with van der Waals surface area (Å²) >= 11 is 0. The van der Waals surface area contributed by atoms with Crippen LogP contribution < -0.4 is 34.7 Å². The predicted molar refractivity (Wildman–Crippen MR) is 21.9 cm³/mol. The zero-order valence-electron chi connectivity index (χ0n) is 4.61. The zero-order valence-corrected chi connectivity index (χ0v) is 6.61. The van der Waals surface area contributed by atoms with Crippen LogP contribution in [0.3, 0.4) is 0 Å². The van der Waals surface area contributed by atoms with Crippen molar-refractivity contribution in [1.82, 2.24) is 0 Å². The summed E-state index contributed by atoms with van der Waals surface area (Å²) < 4.78 is 0. The second kappa shape index (κ2) is 3.53. The van der Waals surface area contributed by atoms with Crippen LogP contribution in [0.2, 0.25) is 0 Å². The van der Waals surface area contributed by atoms with Crippen molar-refractivity contribution in [2.24, 2.45) is 0 Å². The van der Waals surface area contributed by atoms with E-state index in [-0.39, 0.29) is 29.6 Å². The van der Waals surface area contributed by atoms with Gasteiger partial charge in [-0.2, -0.15) is 0 Å². The van der Waals surface area contributed by atoms with Gasteiger partial charge in [0.05, 0.1) is 0 Å². The average Bonchev–Trinajstić information content (AvgIpc) is 1.86. The van der Waals surface area contributed by atoms with Gasteiger partial charge in [0.2, 0.25) is 0 Å². The third-order valence-electron chi connectivity index (χ3n) is 0.999. The molecule has 1 rings (SSSR count). The average molecular weight is 106 g/mol. The van der Waals surface area contributed by atoms with Gasteiger partial charge in [0.15, 0.2) is 0 Å². The van der Waals surface area contributed by atoms with Gasteiger partial charge in [0.25, 0.3) is 0 Å². The van der Waals surface area contributed by atoms with Crippen LogP contribution >= 0.6 is 0 Å². The molecule has 0 saturated heterocycles. The molecule has 1 aliphatic carbocycles. The summed E-state index contributed by atoms with van der Waals surface area (Å²) in [6, 6.07) is 0. The van der Waals surface area contributed by atoms with Gasteiger partial charge in [-0.3, -0.25) is 0 Å². The van der Waals surface area contributed by atoms with Gasteiger partial charge >= 0.3 is 29.6 Å². The second-order valence-electron chi connectivity index (χ2n) is 1.56. The Kier molecular flexibility index (Phi) is 3.80. The maximum atomic E-state index is 10.2. The van der Waals surface area contributed by atoms with E-state index in [1.54, 1.807) is 6.08 Å². The molecule has 0 radical (unpaired) electrons. The maximum Gasteiger partial charge on any atom is 1.00 e. The smallest absolute Gasteiger partial charge is 0.876 e. The molecule has 0 aromatic heterocycles. The normalized spacial score (nSPS) is 18.0. The molecule has 0 saturated carbocycles. The van der Waals surface area contributed by atoms with Crippen LogP contribution in [0.25, 0.3) is 0 Å². The van der Waals surface area contributed by atoms with Gasteiger partial charge in [0.1, 0.15) is 0 Å². The summed E-state index contributed by atoms with van der Waals surface area (Å²) in [7, 11) is 0. The summed E-state index contributed by atoms with van der Waals surface area (Å²) in [5.74, 6) is 0.329. The minimum absolute atomic E-state index is 0. The van der Waals surface area contributed by atoms with Crippen molar-refractivity contribution in [3.63, 3.8) is 0 Å². The molecule has 0 aromatic rings. The van der Waals surface area contributed by atoms with E-state index in [1.807, 2.05) is 0 Å². The standard InChI is InChI=1S/C5H8O.Na/c6-5-3-1-2-4-5;/h3,6H,1-2,4H2;/q;+1/p-1. The van der Waals surface area contributed by atoms with Gasteiger partial charge in [-0.05, 0) is 19.3 Å². The Balaban J connectivity index is 0.000000360. The summed E-state index contributed by atoms with van der Waals surface area (Å²) in [5.41, 5.74) is 0. The molecule has 0 fully saturated rings. The molecule has 0 amide bonds. The first kappa shape index (κ1) is 7.54. The molecule has 7 heavy (non-hydrogen) atoms. The van der Waals surface area contributed by atoms with Gasteiger partial charge in [0, 0.05) is 0 Å². The molecule has 1 aliphatic rings. The summed E-state index contributed by atoms with van der Waals surface area (Å²) in [6.45, 7) is 0. The third kappa shape index (κ3) is 2.37. The quantitative estimate of drug-likeness (QED) is 0.311. The maximum absolute atomic E-state index is 10.2. The van der Waals surface area contributed by atoms with Crippen LogP contribution in [-0.4, -0.2) is 0 Å². The predicted octanol–water partition coefficient (Wildman–Crippen LogP) is -2.58. The molecular formula is C5H7NaO. The van der Waals surface area contributed by atoms with E-state index >= 15 is 0 Å². The first-order chi connectivity index (χ1) is 2.89. The van der Waals surface area contributed by atoms with E-state index < -0.39 is 0 Å². The Labute approximate surface area is 65.7 Å². The molecule has 1 nitrogen and oxygen atoms in total. The molecule has 0 atom stereocenters. The molecule has 0 heterocycles. The molecule has 0 aromatic carbocycles. The van der Waals surface area contributed by atoms with E-state index in [9.17, 15) is 5.11 Å². The van der Waals surface area contributed by atoms with Crippen molar-refractivity contribution in [3.8, 4) is 0 Å². The summed E-state index contributed by atoms with van der Waals surface area (Å²) in [4.78, 5) is 0. The molecule has 0 aliphatic heterocycles. The van der Waals surface area contributed by atoms with Crippen molar-refractivity contribution in [3.05, 3.63) is 11.8 Å². The minimum atomic E-state index is 0. The van der Waals surface area contributed by atoms with Crippen LogP contribution in [0.5, 0.6) is 0 Å². The largest absolute Gasteiger partial charge is 1.00 e. The number of rotatable bonds is 0. The fraction of sp³-hybridized carbons (Fsp3) is 0.600. The number of hydrogen-bond donors (Lipinski definition) is 0. The molecule has 2 heteroatoms. The van der Waals surface area contributed by atoms with Crippen molar-refractivity contribution < 1.29 is 34.7 Å². The van der Waals surface area contributed by atoms with E-state index in [1.165, 1.54) is 0 Å². The van der Waals surface area contributed by atoms with E-state index in [0.717, 1.165) is 19.3 Å². The molecule has 0 unspecified atom stereocenters. The molecule has 34 valence electrons. The number of allylic oxidation sites excluding steroid dienone is 2. The van der Waals surface area contributed by atoms with Crippen molar-refractivity contribution in [2.75, 3.05) is 0 Å². The van der Waals surface area contributed by atoms with E-state index in [0.29, 0.717) is 5.76 Å². The summed E-state index contributed by atoms with van der Waals surface area (Å²) in [5, 5.41) is 10.2. The SMILES string of the molecule is [Na+].[O-]C1=CCCC1. The second-order valence-corrected chi connectivity index (χ2v) is 1.56. The number of hydrogen-bond acceptors (Lipinski definition) is 1. The van der Waals surface area contributed by atoms with Crippen LogP contribution in [0.15, 0.2) is 11.8 Å². The molecule has 0 bridgehead atoms. The minimum Gasteiger partial charge on any atom is -0.876 e. The molecule has 0 N–H and O–H groups in total. The Hall–Kier alpha value is 0.540. The Morgan fingerprint density at radius 2 is 2.29 bits per heavy atom. The van der Waals surface area contributed by atoms with Crippen LogP contribution in [0, 0.1) is 0 Å². The van der Waals surface area contributed by atoms with Crippen molar-refractivity contribution in [2.45, 2.75) is 19.3 Å². The molecular weight excluding hydrogens is 99.0 g/mol. The van der Waals surface area contributed by atoms with Crippen molar-refractivity contribution in [1.29, 1.82) is 0 Å². The van der Waals surface area contributed by atoms with Crippen molar-refractivity contribution >= 4 is 0 Å². The third-order valence-corrected chi connectivity index (χ3v) is 0.999. The first-order valence-corrected chi connectivity index (χ1v) is 2.25. The van der Waals surface area contributed by atoms with Crippen LogP contribution in [-0.2, 0) is 0 Å². The van der Waals surface area contributed by atoms with E-state index in [2.05, 4.69) is 0 Å². The van der Waals surface area contributed by atoms with Crippen LogP contribution in [0.4, 0.5) is 0 Å². The Bertz CT molecular complexity index is 78.1. The first-order valence-electron chi connectivity index (χ1n) is 2.25. The van der Waals surface area contributed by atoms with Gasteiger partial charge < -0.3 is 5.11 Å². The van der Waals surface area contributed by atoms with Gasteiger partial charge in [-0.25, -0.2) is 0 Å². The fourth-order valence-electron chi connectivity index (χ4n) is 0.641. The fourth-order valence-corrected chi connectivity index (χ4v) is 0.641. The van der Waals surface area contributed by atoms with E-state index in [4.69, 9.17) is 0 Å². The monoisotopic (exact) mass is 106 g/mol. The Morgan fingerprint density at radius 3 is 2.43 bits per heavy atom. The zero-order chi connectivity index (χ0) is 4.41. The van der Waals surface area contributed by atoms with Crippen LogP contribution in [0.1, 0.15) is 19.3 Å². The topological polar surface area (TPSA) is 23.1 Å². The van der Waals surface area contributed by atoms with Gasteiger partial charge in [-0.15, -0.1) is 5.76 Å².